The van der Waals surface area contributed by atoms with E-state index in [9.17, 15) is 4.57 Å². The average Bonchev–Trinajstić information content (AvgIpc) is 3.33. The first-order valence-corrected chi connectivity index (χ1v) is 16.4. The van der Waals surface area contributed by atoms with Gasteiger partial charge in [-0.2, -0.15) is 4.98 Å². The minimum Gasteiger partial charge on any atom is -0.338 e. The first-order chi connectivity index (χ1) is 17.8. The van der Waals surface area contributed by atoms with Crippen LogP contribution in [0, 0.1) is 0 Å². The molecule has 0 radical (unpaired) electrons. The minimum atomic E-state index is -2.51. The highest BCUT2D eigenvalue weighted by Crippen LogP contribution is 2.39. The number of aromatic nitrogens is 2. The van der Waals surface area contributed by atoms with Gasteiger partial charge in [-0.3, -0.25) is 0 Å². The van der Waals surface area contributed by atoms with E-state index in [-0.39, 0.29) is 0 Å². The van der Waals surface area contributed by atoms with E-state index < -0.39 is 7.14 Å². The molecule has 0 amide bonds. The minimum absolute atomic E-state index is 0.410. The zero-order valence-corrected chi connectivity index (χ0v) is 23.7. The molecule has 0 unspecified atom stereocenters. The molecule has 0 bridgehead atoms. The third kappa shape index (κ3) is 6.19. The van der Waals surface area contributed by atoms with Crippen LogP contribution in [0.3, 0.4) is 0 Å². The SMILES string of the molecule is CCc1ccc(Nc2nc(Nc3ccc4c(c3)CC[C@@H](N3CCCC3)CC4)ncc2Cl)c(P(C)(C)=O)c1. The fourth-order valence-electron chi connectivity index (χ4n) is 5.56. The summed E-state index contributed by atoms with van der Waals surface area (Å²) in [6.07, 6.45) is 9.88. The van der Waals surface area contributed by atoms with Crippen LogP contribution in [-0.2, 0) is 23.8 Å². The molecule has 1 aromatic heterocycles. The number of hydrogen-bond donors (Lipinski definition) is 2. The van der Waals surface area contributed by atoms with Crippen LogP contribution in [0.1, 0.15) is 49.3 Å². The number of halogens is 1. The molecular formula is C29H37ClN5OP. The van der Waals surface area contributed by atoms with Gasteiger partial charge in [-0.1, -0.05) is 30.7 Å². The number of hydrogen-bond acceptors (Lipinski definition) is 6. The van der Waals surface area contributed by atoms with Gasteiger partial charge in [0.2, 0.25) is 5.95 Å². The molecule has 5 rings (SSSR count). The lowest BCUT2D eigenvalue weighted by atomic mass is 10.0. The largest absolute Gasteiger partial charge is 0.338 e. The maximum atomic E-state index is 13.0. The molecule has 2 aromatic carbocycles. The highest BCUT2D eigenvalue weighted by molar-refractivity contribution is 7.70. The van der Waals surface area contributed by atoms with Crippen molar-refractivity contribution in [1.82, 2.24) is 14.9 Å². The van der Waals surface area contributed by atoms with Gasteiger partial charge in [-0.15, -0.1) is 0 Å². The van der Waals surface area contributed by atoms with Crippen molar-refractivity contribution >= 4 is 47.2 Å². The number of fused-ring (bicyclic) bond motifs is 1. The number of aryl methyl sites for hydroxylation is 3. The Morgan fingerprint density at radius 1 is 1.03 bits per heavy atom. The summed E-state index contributed by atoms with van der Waals surface area (Å²) < 4.78 is 13.0. The first-order valence-electron chi connectivity index (χ1n) is 13.4. The van der Waals surface area contributed by atoms with Gasteiger partial charge in [0, 0.05) is 17.0 Å². The number of benzene rings is 2. The normalized spacial score (nSPS) is 18.3. The fraction of sp³-hybridized carbons (Fsp3) is 0.448. The highest BCUT2D eigenvalue weighted by atomic mass is 35.5. The molecule has 6 nitrogen and oxygen atoms in total. The zero-order valence-electron chi connectivity index (χ0n) is 22.1. The molecule has 1 atom stereocenters. The molecule has 3 aromatic rings. The summed E-state index contributed by atoms with van der Waals surface area (Å²) in [7, 11) is -2.51. The number of rotatable bonds is 7. The van der Waals surface area contributed by atoms with E-state index in [0.29, 0.717) is 22.8 Å². The summed E-state index contributed by atoms with van der Waals surface area (Å²) >= 11 is 6.47. The van der Waals surface area contributed by atoms with Gasteiger partial charge in [0.05, 0.1) is 11.9 Å². The van der Waals surface area contributed by atoms with Crippen LogP contribution in [0.4, 0.5) is 23.1 Å². The number of likely N-dealkylation sites (tertiary alicyclic amines) is 1. The van der Waals surface area contributed by atoms with E-state index in [1.165, 1.54) is 49.9 Å². The first kappa shape index (κ1) is 26.2. The second-order valence-corrected chi connectivity index (χ2v) is 14.2. The van der Waals surface area contributed by atoms with Crippen LogP contribution in [0.5, 0.6) is 0 Å². The third-order valence-corrected chi connectivity index (χ3v) is 9.47. The molecule has 37 heavy (non-hydrogen) atoms. The molecule has 2 heterocycles. The van der Waals surface area contributed by atoms with E-state index in [1.807, 2.05) is 18.2 Å². The maximum absolute atomic E-state index is 13.0. The van der Waals surface area contributed by atoms with Crippen LogP contribution in [0.2, 0.25) is 5.02 Å². The van der Waals surface area contributed by atoms with Crippen molar-refractivity contribution in [2.45, 2.75) is 57.9 Å². The van der Waals surface area contributed by atoms with Gasteiger partial charge in [0.25, 0.3) is 0 Å². The topological polar surface area (TPSA) is 70.2 Å². The molecule has 0 saturated carbocycles. The molecule has 1 aliphatic carbocycles. The van der Waals surface area contributed by atoms with E-state index in [2.05, 4.69) is 50.6 Å². The molecule has 1 saturated heterocycles. The molecule has 1 aliphatic heterocycles. The maximum Gasteiger partial charge on any atom is 0.229 e. The number of nitrogens with one attached hydrogen (secondary N) is 2. The number of nitrogens with zero attached hydrogens (tertiary/aromatic N) is 3. The molecule has 2 aliphatic rings. The Labute approximate surface area is 225 Å². The summed E-state index contributed by atoms with van der Waals surface area (Å²) in [4.78, 5) is 11.8. The van der Waals surface area contributed by atoms with Crippen molar-refractivity contribution in [2.75, 3.05) is 37.1 Å². The summed E-state index contributed by atoms with van der Waals surface area (Å²) in [5.41, 5.74) is 5.76. The predicted molar refractivity (Wildman–Crippen MR) is 156 cm³/mol. The van der Waals surface area contributed by atoms with Crippen LogP contribution >= 0.6 is 18.7 Å². The summed E-state index contributed by atoms with van der Waals surface area (Å²) in [6.45, 7) is 8.18. The van der Waals surface area contributed by atoms with Crippen LogP contribution in [0.15, 0.2) is 42.6 Å². The summed E-state index contributed by atoms with van der Waals surface area (Å²) in [5, 5.41) is 7.90. The van der Waals surface area contributed by atoms with Gasteiger partial charge in [0.1, 0.15) is 12.2 Å². The number of anilines is 4. The van der Waals surface area contributed by atoms with E-state index in [1.54, 1.807) is 19.5 Å². The Bertz CT molecular complexity index is 1320. The highest BCUT2D eigenvalue weighted by Gasteiger charge is 2.24. The van der Waals surface area contributed by atoms with Crippen LogP contribution in [-0.4, -0.2) is 47.3 Å². The Hall–Kier alpha value is -2.40. The quantitative estimate of drug-likeness (QED) is 0.256. The van der Waals surface area contributed by atoms with E-state index in [4.69, 9.17) is 11.6 Å². The Balaban J connectivity index is 1.33. The van der Waals surface area contributed by atoms with Gasteiger partial charge in [-0.05, 0) is 112 Å². The van der Waals surface area contributed by atoms with Crippen LogP contribution < -0.4 is 15.9 Å². The lowest BCUT2D eigenvalue weighted by Crippen LogP contribution is -2.32. The van der Waals surface area contributed by atoms with Gasteiger partial charge >= 0.3 is 0 Å². The monoisotopic (exact) mass is 537 g/mol. The molecule has 196 valence electrons. The van der Waals surface area contributed by atoms with Crippen molar-refractivity contribution < 1.29 is 4.57 Å². The van der Waals surface area contributed by atoms with E-state index >= 15 is 0 Å². The van der Waals surface area contributed by atoms with Crippen molar-refractivity contribution in [3.63, 3.8) is 0 Å². The fourth-order valence-corrected chi connectivity index (χ4v) is 6.89. The summed E-state index contributed by atoms with van der Waals surface area (Å²) in [5.74, 6) is 0.958. The predicted octanol–water partition coefficient (Wildman–Crippen LogP) is 6.77. The molecule has 1 fully saturated rings. The van der Waals surface area contributed by atoms with E-state index in [0.717, 1.165) is 41.5 Å². The van der Waals surface area contributed by atoms with Crippen molar-refractivity contribution in [2.24, 2.45) is 0 Å². The van der Waals surface area contributed by atoms with Gasteiger partial charge in [0.15, 0.2) is 5.82 Å². The molecule has 2 N–H and O–H groups in total. The van der Waals surface area contributed by atoms with Crippen molar-refractivity contribution in [3.8, 4) is 0 Å². The smallest absolute Gasteiger partial charge is 0.229 e. The standard InChI is InChI=1S/C29H37ClN5OP/c1-4-20-7-14-26(27(17-20)37(2,3)36)33-28-25(30)19-31-29(34-28)32-23-11-8-21-9-12-24(13-10-22(21)18-23)35-15-5-6-16-35/h7-8,11,14,17-19,24H,4-6,9-10,12-13,15-16H2,1-3H3,(H2,31,32,33,34)/t24-/m0/s1. The molecule has 0 spiro atoms. The van der Waals surface area contributed by atoms with Gasteiger partial charge in [-0.25, -0.2) is 4.98 Å². The summed E-state index contributed by atoms with van der Waals surface area (Å²) in [6, 6.07) is 13.3. The molecular weight excluding hydrogens is 501 g/mol. The van der Waals surface area contributed by atoms with Crippen molar-refractivity contribution in [1.29, 1.82) is 0 Å². The Morgan fingerprint density at radius 2 is 1.78 bits per heavy atom. The third-order valence-electron chi connectivity index (χ3n) is 7.66. The lowest BCUT2D eigenvalue weighted by molar-refractivity contribution is 0.222. The zero-order chi connectivity index (χ0) is 26.0. The van der Waals surface area contributed by atoms with Crippen LogP contribution in [0.25, 0.3) is 0 Å². The average molecular weight is 538 g/mol. The van der Waals surface area contributed by atoms with Crippen molar-refractivity contribution in [3.05, 3.63) is 64.3 Å². The Kier molecular flexibility index (Phi) is 7.90. The molecule has 8 heteroatoms. The lowest BCUT2D eigenvalue weighted by Gasteiger charge is -2.25. The van der Waals surface area contributed by atoms with Gasteiger partial charge < -0.3 is 20.1 Å². The second kappa shape index (κ2) is 11.1. The second-order valence-electron chi connectivity index (χ2n) is 10.7. The Morgan fingerprint density at radius 3 is 2.51 bits per heavy atom.